The van der Waals surface area contributed by atoms with Crippen molar-refractivity contribution in [2.75, 3.05) is 19.7 Å². The SMILES string of the molecule is CCOC(=O)C1(C(O)c2ncn[nH]2)CCN(C(=O)OC(C)(C)C)CC1. The van der Waals surface area contributed by atoms with Crippen molar-refractivity contribution in [2.24, 2.45) is 5.41 Å². The quantitative estimate of drug-likeness (QED) is 0.785. The van der Waals surface area contributed by atoms with Gasteiger partial charge in [0.05, 0.1) is 6.61 Å². The van der Waals surface area contributed by atoms with E-state index >= 15 is 0 Å². The first-order valence-corrected chi connectivity index (χ1v) is 8.38. The maximum absolute atomic E-state index is 12.6. The average molecular weight is 354 g/mol. The monoisotopic (exact) mass is 354 g/mol. The first-order chi connectivity index (χ1) is 11.7. The minimum Gasteiger partial charge on any atom is -0.465 e. The van der Waals surface area contributed by atoms with Gasteiger partial charge in [-0.2, -0.15) is 5.10 Å². The predicted octanol–water partition coefficient (Wildman–Crippen LogP) is 1.42. The Labute approximate surface area is 146 Å². The molecular weight excluding hydrogens is 328 g/mol. The largest absolute Gasteiger partial charge is 0.465 e. The van der Waals surface area contributed by atoms with E-state index in [0.717, 1.165) is 0 Å². The third kappa shape index (κ3) is 4.28. The summed E-state index contributed by atoms with van der Waals surface area (Å²) in [6, 6.07) is 0. The third-order valence-corrected chi connectivity index (χ3v) is 4.21. The number of aromatic nitrogens is 3. The van der Waals surface area contributed by atoms with Crippen LogP contribution in [0, 0.1) is 5.41 Å². The molecule has 0 bridgehead atoms. The molecule has 1 unspecified atom stereocenters. The van der Waals surface area contributed by atoms with Crippen molar-refractivity contribution < 1.29 is 24.2 Å². The van der Waals surface area contributed by atoms with Crippen molar-refractivity contribution in [1.29, 1.82) is 0 Å². The topological polar surface area (TPSA) is 118 Å². The molecule has 9 heteroatoms. The number of rotatable bonds is 4. The first kappa shape index (κ1) is 19.2. The van der Waals surface area contributed by atoms with E-state index in [2.05, 4.69) is 15.2 Å². The Bertz CT molecular complexity index is 588. The molecule has 2 heterocycles. The Hall–Kier alpha value is -2.16. The molecule has 0 aromatic carbocycles. The van der Waals surface area contributed by atoms with E-state index < -0.39 is 29.2 Å². The van der Waals surface area contributed by atoms with Crippen LogP contribution in [0.2, 0.25) is 0 Å². The number of esters is 1. The minimum absolute atomic E-state index is 0.207. The second-order valence-corrected chi connectivity index (χ2v) is 7.12. The number of hydrogen-bond acceptors (Lipinski definition) is 7. The molecule has 1 aromatic rings. The number of nitrogens with one attached hydrogen (secondary N) is 1. The summed E-state index contributed by atoms with van der Waals surface area (Å²) >= 11 is 0. The molecule has 0 saturated carbocycles. The van der Waals surface area contributed by atoms with Gasteiger partial charge in [0, 0.05) is 13.1 Å². The number of likely N-dealkylation sites (tertiary alicyclic amines) is 1. The molecule has 2 N–H and O–H groups in total. The van der Waals surface area contributed by atoms with Gasteiger partial charge in [0.15, 0.2) is 5.82 Å². The lowest BCUT2D eigenvalue weighted by Gasteiger charge is -2.41. The molecule has 1 fully saturated rings. The van der Waals surface area contributed by atoms with E-state index in [4.69, 9.17) is 9.47 Å². The van der Waals surface area contributed by atoms with E-state index in [0.29, 0.717) is 0 Å². The van der Waals surface area contributed by atoms with Gasteiger partial charge in [0.2, 0.25) is 0 Å². The van der Waals surface area contributed by atoms with Crippen molar-refractivity contribution in [2.45, 2.75) is 52.2 Å². The van der Waals surface area contributed by atoms with Gasteiger partial charge in [-0.05, 0) is 40.5 Å². The number of piperidine rings is 1. The van der Waals surface area contributed by atoms with E-state index in [9.17, 15) is 14.7 Å². The average Bonchev–Trinajstić information content (AvgIpc) is 3.07. The third-order valence-electron chi connectivity index (χ3n) is 4.21. The molecule has 1 amide bonds. The predicted molar refractivity (Wildman–Crippen MR) is 87.4 cm³/mol. The molecule has 1 aliphatic rings. The molecule has 1 atom stereocenters. The molecule has 1 saturated heterocycles. The van der Waals surface area contributed by atoms with Crippen molar-refractivity contribution >= 4 is 12.1 Å². The number of aliphatic hydroxyl groups is 1. The van der Waals surface area contributed by atoms with Gasteiger partial charge in [0.1, 0.15) is 23.4 Å². The van der Waals surface area contributed by atoms with Gasteiger partial charge >= 0.3 is 12.1 Å². The zero-order valence-corrected chi connectivity index (χ0v) is 15.1. The van der Waals surface area contributed by atoms with Crippen LogP contribution in [0.25, 0.3) is 0 Å². The highest BCUT2D eigenvalue weighted by Crippen LogP contribution is 2.43. The van der Waals surface area contributed by atoms with E-state index in [1.807, 2.05) is 0 Å². The molecule has 9 nitrogen and oxygen atoms in total. The van der Waals surface area contributed by atoms with Crippen LogP contribution in [0.3, 0.4) is 0 Å². The number of carbonyl (C=O) groups is 2. The Morgan fingerprint density at radius 2 is 2.04 bits per heavy atom. The molecule has 0 aliphatic carbocycles. The van der Waals surface area contributed by atoms with Crippen LogP contribution in [0.4, 0.5) is 4.79 Å². The molecule has 2 rings (SSSR count). The standard InChI is InChI=1S/C16H26N4O5/c1-5-24-13(22)16(11(21)12-17-10-18-19-12)6-8-20(9-7-16)14(23)25-15(2,3)4/h10-11,21H,5-9H2,1-4H3,(H,17,18,19). The van der Waals surface area contributed by atoms with Crippen molar-refractivity contribution in [3.8, 4) is 0 Å². The molecule has 1 aliphatic heterocycles. The normalized spacial score (nSPS) is 18.5. The van der Waals surface area contributed by atoms with Crippen LogP contribution in [0.15, 0.2) is 6.33 Å². The number of amides is 1. The lowest BCUT2D eigenvalue weighted by atomic mass is 9.73. The first-order valence-electron chi connectivity index (χ1n) is 8.38. The minimum atomic E-state index is -1.19. The summed E-state index contributed by atoms with van der Waals surface area (Å²) in [4.78, 5) is 30.3. The summed E-state index contributed by atoms with van der Waals surface area (Å²) < 4.78 is 10.6. The fourth-order valence-electron chi connectivity index (χ4n) is 2.89. The fourth-order valence-corrected chi connectivity index (χ4v) is 2.89. The number of H-pyrrole nitrogens is 1. The number of aromatic amines is 1. The van der Waals surface area contributed by atoms with Gasteiger partial charge in [-0.25, -0.2) is 9.78 Å². The summed E-state index contributed by atoms with van der Waals surface area (Å²) in [5, 5.41) is 17.0. The van der Waals surface area contributed by atoms with Crippen LogP contribution >= 0.6 is 0 Å². The summed E-state index contributed by atoms with van der Waals surface area (Å²) in [5.74, 6) is -0.290. The Morgan fingerprint density at radius 1 is 1.40 bits per heavy atom. The van der Waals surface area contributed by atoms with Crippen LogP contribution in [-0.4, -0.2) is 62.5 Å². The molecule has 1 aromatic heterocycles. The van der Waals surface area contributed by atoms with Crippen molar-refractivity contribution in [1.82, 2.24) is 20.1 Å². The second-order valence-electron chi connectivity index (χ2n) is 7.12. The number of ether oxygens (including phenoxy) is 2. The number of hydrogen-bond donors (Lipinski definition) is 2. The van der Waals surface area contributed by atoms with Crippen molar-refractivity contribution in [3.05, 3.63) is 12.2 Å². The van der Waals surface area contributed by atoms with Crippen LogP contribution in [0.5, 0.6) is 0 Å². The Balaban J connectivity index is 2.15. The number of nitrogens with zero attached hydrogens (tertiary/aromatic N) is 3. The fraction of sp³-hybridized carbons (Fsp3) is 0.750. The highest BCUT2D eigenvalue weighted by Gasteiger charge is 2.51. The number of aliphatic hydroxyl groups excluding tert-OH is 1. The lowest BCUT2D eigenvalue weighted by molar-refractivity contribution is -0.169. The van der Waals surface area contributed by atoms with Gasteiger partial charge < -0.3 is 19.5 Å². The molecule has 0 radical (unpaired) electrons. The van der Waals surface area contributed by atoms with Gasteiger partial charge in [-0.1, -0.05) is 0 Å². The lowest BCUT2D eigenvalue weighted by Crippen LogP contribution is -2.51. The van der Waals surface area contributed by atoms with E-state index in [1.54, 1.807) is 27.7 Å². The molecular formula is C16H26N4O5. The van der Waals surface area contributed by atoms with Crippen molar-refractivity contribution in [3.63, 3.8) is 0 Å². The molecule has 0 spiro atoms. The van der Waals surface area contributed by atoms with Crippen LogP contribution in [0.1, 0.15) is 52.5 Å². The molecule has 140 valence electrons. The smallest absolute Gasteiger partial charge is 0.410 e. The Morgan fingerprint density at radius 3 is 2.52 bits per heavy atom. The maximum atomic E-state index is 12.6. The zero-order chi connectivity index (χ0) is 18.7. The summed E-state index contributed by atoms with van der Waals surface area (Å²) in [6.45, 7) is 7.86. The number of carbonyl (C=O) groups excluding carboxylic acids is 2. The van der Waals surface area contributed by atoms with E-state index in [-0.39, 0.29) is 38.4 Å². The summed E-state index contributed by atoms with van der Waals surface area (Å²) in [6.07, 6.45) is 0.140. The van der Waals surface area contributed by atoms with Gasteiger partial charge in [-0.3, -0.25) is 9.89 Å². The second kappa shape index (κ2) is 7.38. The summed E-state index contributed by atoms with van der Waals surface area (Å²) in [7, 11) is 0. The highest BCUT2D eigenvalue weighted by molar-refractivity contribution is 5.78. The van der Waals surface area contributed by atoms with Crippen LogP contribution in [-0.2, 0) is 14.3 Å². The molecule has 25 heavy (non-hydrogen) atoms. The highest BCUT2D eigenvalue weighted by atomic mass is 16.6. The Kier molecular flexibility index (Phi) is 5.66. The van der Waals surface area contributed by atoms with Crippen LogP contribution < -0.4 is 0 Å². The zero-order valence-electron chi connectivity index (χ0n) is 15.1. The van der Waals surface area contributed by atoms with Gasteiger partial charge in [-0.15, -0.1) is 0 Å². The summed E-state index contributed by atoms with van der Waals surface area (Å²) in [5.41, 5.74) is -1.76. The maximum Gasteiger partial charge on any atom is 0.410 e. The van der Waals surface area contributed by atoms with E-state index in [1.165, 1.54) is 11.2 Å². The van der Waals surface area contributed by atoms with Gasteiger partial charge in [0.25, 0.3) is 0 Å².